The van der Waals surface area contributed by atoms with Gasteiger partial charge in [0.15, 0.2) is 5.16 Å². The van der Waals surface area contributed by atoms with Crippen LogP contribution in [0.4, 0.5) is 5.69 Å². The fourth-order valence-electron chi connectivity index (χ4n) is 2.18. The standard InChI is InChI=1S/C13H12ClN3O2S2/c1-3-20-13-15-7-11-12(16-13)9-6-8(14)4-5-10(9)17(2)21(11,18)19/h4-7H,3H2,1-2H3. The van der Waals surface area contributed by atoms with E-state index in [9.17, 15) is 8.42 Å². The maximum Gasteiger partial charge on any atom is 0.267 e. The molecule has 0 radical (unpaired) electrons. The van der Waals surface area contributed by atoms with E-state index >= 15 is 0 Å². The van der Waals surface area contributed by atoms with Crippen LogP contribution in [0.5, 0.6) is 0 Å². The molecule has 0 saturated heterocycles. The molecule has 1 aromatic carbocycles. The average Bonchev–Trinajstić information content (AvgIpc) is 2.45. The summed E-state index contributed by atoms with van der Waals surface area (Å²) in [7, 11) is -2.11. The predicted molar refractivity (Wildman–Crippen MR) is 84.5 cm³/mol. The Bertz CT molecular complexity index is 824. The van der Waals surface area contributed by atoms with Gasteiger partial charge >= 0.3 is 0 Å². The lowest BCUT2D eigenvalue weighted by Gasteiger charge is -2.28. The first-order valence-corrected chi connectivity index (χ1v) is 9.04. The fourth-order valence-corrected chi connectivity index (χ4v) is 4.20. The number of benzene rings is 1. The van der Waals surface area contributed by atoms with E-state index in [0.29, 0.717) is 27.1 Å². The van der Waals surface area contributed by atoms with Crippen LogP contribution in [0.2, 0.25) is 5.02 Å². The molecule has 0 spiro atoms. The van der Waals surface area contributed by atoms with Crippen molar-refractivity contribution in [1.82, 2.24) is 9.97 Å². The Kier molecular flexibility index (Phi) is 3.59. The minimum absolute atomic E-state index is 0.111. The number of hydrogen-bond acceptors (Lipinski definition) is 5. The molecule has 0 bridgehead atoms. The second kappa shape index (κ2) is 5.15. The van der Waals surface area contributed by atoms with Gasteiger partial charge in [-0.2, -0.15) is 0 Å². The number of aromatic nitrogens is 2. The first-order chi connectivity index (χ1) is 9.95. The lowest BCUT2D eigenvalue weighted by molar-refractivity contribution is 0.592. The van der Waals surface area contributed by atoms with Gasteiger partial charge in [0.1, 0.15) is 4.90 Å². The van der Waals surface area contributed by atoms with Crippen LogP contribution in [-0.2, 0) is 10.0 Å². The summed E-state index contributed by atoms with van der Waals surface area (Å²) in [5, 5.41) is 1.10. The zero-order valence-electron chi connectivity index (χ0n) is 11.4. The van der Waals surface area contributed by atoms with Crippen molar-refractivity contribution in [3.63, 3.8) is 0 Å². The summed E-state index contributed by atoms with van der Waals surface area (Å²) in [5.41, 5.74) is 1.68. The molecule has 0 aliphatic carbocycles. The number of fused-ring (bicyclic) bond motifs is 3. The first kappa shape index (κ1) is 14.6. The van der Waals surface area contributed by atoms with Crippen molar-refractivity contribution in [3.05, 3.63) is 29.4 Å². The van der Waals surface area contributed by atoms with Gasteiger partial charge in [0.05, 0.1) is 17.6 Å². The molecule has 5 nitrogen and oxygen atoms in total. The van der Waals surface area contributed by atoms with Crippen molar-refractivity contribution in [3.8, 4) is 11.3 Å². The van der Waals surface area contributed by atoms with E-state index in [4.69, 9.17) is 11.6 Å². The minimum atomic E-state index is -3.62. The number of halogens is 1. The largest absolute Gasteiger partial charge is 0.269 e. The van der Waals surface area contributed by atoms with Gasteiger partial charge in [0, 0.05) is 17.6 Å². The Balaban J connectivity index is 2.33. The van der Waals surface area contributed by atoms with Gasteiger partial charge in [-0.05, 0) is 24.0 Å². The summed E-state index contributed by atoms with van der Waals surface area (Å²) < 4.78 is 26.3. The molecule has 3 rings (SSSR count). The molecule has 8 heteroatoms. The number of hydrogen-bond donors (Lipinski definition) is 0. The zero-order chi connectivity index (χ0) is 15.2. The molecule has 0 N–H and O–H groups in total. The molecule has 1 aromatic heterocycles. The Hall–Kier alpha value is -1.31. The van der Waals surface area contributed by atoms with Crippen LogP contribution in [0, 0.1) is 0 Å². The lowest BCUT2D eigenvalue weighted by Crippen LogP contribution is -2.31. The fraction of sp³-hybridized carbons (Fsp3) is 0.231. The van der Waals surface area contributed by atoms with E-state index in [1.807, 2.05) is 6.92 Å². The Morgan fingerprint density at radius 2 is 2.14 bits per heavy atom. The van der Waals surface area contributed by atoms with Crippen LogP contribution in [0.15, 0.2) is 34.4 Å². The van der Waals surface area contributed by atoms with Crippen LogP contribution in [0.25, 0.3) is 11.3 Å². The molecular weight excluding hydrogens is 330 g/mol. The quantitative estimate of drug-likeness (QED) is 0.620. The third kappa shape index (κ3) is 2.29. The Morgan fingerprint density at radius 1 is 1.38 bits per heavy atom. The van der Waals surface area contributed by atoms with Gasteiger partial charge in [0.2, 0.25) is 0 Å². The van der Waals surface area contributed by atoms with Crippen molar-refractivity contribution < 1.29 is 8.42 Å². The van der Waals surface area contributed by atoms with Crippen LogP contribution < -0.4 is 4.31 Å². The summed E-state index contributed by atoms with van der Waals surface area (Å²) in [6.07, 6.45) is 1.37. The average molecular weight is 342 g/mol. The zero-order valence-corrected chi connectivity index (χ0v) is 13.8. The summed E-state index contributed by atoms with van der Waals surface area (Å²) in [6, 6.07) is 5.08. The van der Waals surface area contributed by atoms with Crippen molar-refractivity contribution in [1.29, 1.82) is 0 Å². The van der Waals surface area contributed by atoms with Crippen LogP contribution in [0.1, 0.15) is 6.92 Å². The molecule has 0 fully saturated rings. The lowest BCUT2D eigenvalue weighted by atomic mass is 10.1. The molecule has 1 aliphatic heterocycles. The molecule has 0 unspecified atom stereocenters. The molecule has 1 aliphatic rings. The molecule has 110 valence electrons. The van der Waals surface area contributed by atoms with E-state index in [1.165, 1.54) is 29.3 Å². The first-order valence-electron chi connectivity index (χ1n) is 6.24. The predicted octanol–water partition coefficient (Wildman–Crippen LogP) is 3.05. The number of anilines is 1. The second-order valence-corrected chi connectivity index (χ2v) is 8.04. The van der Waals surface area contributed by atoms with Gasteiger partial charge in [-0.15, -0.1) is 0 Å². The smallest absolute Gasteiger partial charge is 0.267 e. The van der Waals surface area contributed by atoms with E-state index in [-0.39, 0.29) is 4.90 Å². The number of sulfonamides is 1. The molecule has 0 saturated carbocycles. The normalized spacial score (nSPS) is 15.5. The summed E-state index contributed by atoms with van der Waals surface area (Å²) in [4.78, 5) is 8.63. The highest BCUT2D eigenvalue weighted by atomic mass is 35.5. The highest BCUT2D eigenvalue weighted by molar-refractivity contribution is 7.99. The number of thioether (sulfide) groups is 1. The van der Waals surface area contributed by atoms with E-state index in [1.54, 1.807) is 18.2 Å². The number of nitrogens with zero attached hydrogens (tertiary/aromatic N) is 3. The molecule has 2 heterocycles. The van der Waals surface area contributed by atoms with Crippen molar-refractivity contribution in [2.75, 3.05) is 17.1 Å². The van der Waals surface area contributed by atoms with Crippen molar-refractivity contribution >= 4 is 39.1 Å². The monoisotopic (exact) mass is 341 g/mol. The van der Waals surface area contributed by atoms with Gasteiger partial charge in [0.25, 0.3) is 10.0 Å². The van der Waals surface area contributed by atoms with Crippen LogP contribution in [-0.4, -0.2) is 31.2 Å². The highest BCUT2D eigenvalue weighted by Gasteiger charge is 2.34. The molecule has 0 atom stereocenters. The third-order valence-corrected chi connectivity index (χ3v) is 5.95. The van der Waals surface area contributed by atoms with Gasteiger partial charge in [-0.3, -0.25) is 4.31 Å². The summed E-state index contributed by atoms with van der Waals surface area (Å²) in [5.74, 6) is 0.813. The van der Waals surface area contributed by atoms with Crippen molar-refractivity contribution in [2.24, 2.45) is 0 Å². The van der Waals surface area contributed by atoms with Gasteiger partial charge < -0.3 is 0 Å². The molecule has 0 amide bonds. The topological polar surface area (TPSA) is 63.2 Å². The summed E-state index contributed by atoms with van der Waals surface area (Å²) in [6.45, 7) is 1.99. The molecule has 2 aromatic rings. The maximum absolute atomic E-state index is 12.5. The molecular formula is C13H12ClN3O2S2. The highest BCUT2D eigenvalue weighted by Crippen LogP contribution is 2.42. The third-order valence-electron chi connectivity index (χ3n) is 3.20. The maximum atomic E-state index is 12.5. The van der Waals surface area contributed by atoms with Crippen molar-refractivity contribution in [2.45, 2.75) is 17.0 Å². The number of rotatable bonds is 2. The van der Waals surface area contributed by atoms with Crippen LogP contribution >= 0.6 is 23.4 Å². The second-order valence-electron chi connectivity index (χ2n) is 4.43. The SMILES string of the molecule is CCSc1ncc2c(n1)-c1cc(Cl)ccc1N(C)S2(=O)=O. The van der Waals surface area contributed by atoms with E-state index in [0.717, 1.165) is 5.75 Å². The van der Waals surface area contributed by atoms with E-state index in [2.05, 4.69) is 9.97 Å². The van der Waals surface area contributed by atoms with Crippen LogP contribution in [0.3, 0.4) is 0 Å². The minimum Gasteiger partial charge on any atom is -0.269 e. The Morgan fingerprint density at radius 3 is 2.86 bits per heavy atom. The Labute approximate surface area is 132 Å². The molecule has 21 heavy (non-hydrogen) atoms. The van der Waals surface area contributed by atoms with E-state index < -0.39 is 10.0 Å². The van der Waals surface area contributed by atoms with Gasteiger partial charge in [-0.25, -0.2) is 18.4 Å². The van der Waals surface area contributed by atoms with Gasteiger partial charge in [-0.1, -0.05) is 30.3 Å². The summed E-state index contributed by atoms with van der Waals surface area (Å²) >= 11 is 7.51.